The van der Waals surface area contributed by atoms with Crippen LogP contribution in [0.1, 0.15) is 0 Å². The summed E-state index contributed by atoms with van der Waals surface area (Å²) in [6, 6.07) is 0. The van der Waals surface area contributed by atoms with E-state index in [4.69, 9.17) is 15.3 Å². The van der Waals surface area contributed by atoms with Crippen LogP contribution in [0.4, 0.5) is 0 Å². The van der Waals surface area contributed by atoms with Crippen molar-refractivity contribution in [1.29, 1.82) is 0 Å². The Kier molecular flexibility index (Phi) is 59.5. The third-order valence-corrected chi connectivity index (χ3v) is 0. The first kappa shape index (κ1) is 25.9. The Balaban J connectivity index is -0.0000000150. The molecular formula is HNO4Pd2. The average molecular weight is 292 g/mol. The van der Waals surface area contributed by atoms with Gasteiger partial charge in [0.25, 0.3) is 0 Å². The number of hydrogen-bond donors (Lipinski definition) is 0. The van der Waals surface area contributed by atoms with E-state index in [9.17, 15) is 0 Å². The third-order valence-electron chi connectivity index (χ3n) is 0. The second-order valence-electron chi connectivity index (χ2n) is 0.224. The minimum Gasteiger partial charge on any atom is -0.870 e. The topological polar surface area (TPSA) is 96.2 Å². The summed E-state index contributed by atoms with van der Waals surface area (Å²) in [7, 11) is 0. The number of hydrogen-bond acceptors (Lipinski definition) is 4. The quantitative estimate of drug-likeness (QED) is 0.344. The SMILES string of the molecule is O=[N+]([O-])[O-].[OH-].[Pd+2].[Pd]. The molecule has 0 spiro atoms. The van der Waals surface area contributed by atoms with E-state index in [2.05, 4.69) is 0 Å². The zero-order valence-electron chi connectivity index (χ0n) is 2.75. The summed E-state index contributed by atoms with van der Waals surface area (Å²) in [5, 5.41) is 14.8. The molecule has 0 fully saturated rings. The molecule has 0 aromatic carbocycles. The van der Waals surface area contributed by atoms with E-state index in [-0.39, 0.29) is 46.3 Å². The minimum absolute atomic E-state index is 0. The fourth-order valence-corrected chi connectivity index (χ4v) is 0. The molecule has 0 atom stereocenters. The smallest absolute Gasteiger partial charge is 0.870 e. The van der Waals surface area contributed by atoms with Crippen molar-refractivity contribution in [2.24, 2.45) is 0 Å². The molecule has 7 heavy (non-hydrogen) atoms. The second kappa shape index (κ2) is 16.1. The molecule has 0 aliphatic carbocycles. The first-order valence-electron chi connectivity index (χ1n) is 0.548. The van der Waals surface area contributed by atoms with Gasteiger partial charge in [-0.15, -0.1) is 0 Å². The summed E-state index contributed by atoms with van der Waals surface area (Å²) >= 11 is 0. The summed E-state index contributed by atoms with van der Waals surface area (Å²) in [5.41, 5.74) is 0. The maximum Gasteiger partial charge on any atom is 2.00 e. The summed E-state index contributed by atoms with van der Waals surface area (Å²) in [6.45, 7) is 0. The molecule has 50 valence electrons. The van der Waals surface area contributed by atoms with Gasteiger partial charge in [-0.25, -0.2) is 0 Å². The van der Waals surface area contributed by atoms with Gasteiger partial charge in [0.2, 0.25) is 0 Å². The molecule has 0 amide bonds. The van der Waals surface area contributed by atoms with Gasteiger partial charge >= 0.3 is 20.4 Å². The van der Waals surface area contributed by atoms with E-state index in [1.54, 1.807) is 0 Å². The van der Waals surface area contributed by atoms with Crippen LogP contribution in [-0.4, -0.2) is 10.6 Å². The van der Waals surface area contributed by atoms with E-state index in [0.29, 0.717) is 0 Å². The fraction of sp³-hybridized carbons (Fsp3) is 0. The van der Waals surface area contributed by atoms with Crippen LogP contribution in [0.2, 0.25) is 0 Å². The van der Waals surface area contributed by atoms with Crippen LogP contribution in [-0.2, 0) is 40.8 Å². The summed E-state index contributed by atoms with van der Waals surface area (Å²) in [5.74, 6) is 0. The van der Waals surface area contributed by atoms with Gasteiger partial charge in [-0.2, -0.15) is 0 Å². The van der Waals surface area contributed by atoms with E-state index in [1.807, 2.05) is 0 Å². The molecule has 0 aliphatic heterocycles. The molecule has 0 aromatic rings. The second-order valence-corrected chi connectivity index (χ2v) is 0.224. The van der Waals surface area contributed by atoms with Gasteiger partial charge in [0, 0.05) is 20.4 Å². The molecule has 5 nitrogen and oxygen atoms in total. The monoisotopic (exact) mass is 291 g/mol. The summed E-state index contributed by atoms with van der Waals surface area (Å²) in [4.78, 5) is 8.25. The van der Waals surface area contributed by atoms with Crippen molar-refractivity contribution in [3.8, 4) is 0 Å². The van der Waals surface area contributed by atoms with Crippen molar-refractivity contribution in [3.63, 3.8) is 0 Å². The predicted octanol–water partition coefficient (Wildman–Crippen LogP) is -0.421. The van der Waals surface area contributed by atoms with Gasteiger partial charge in [0.05, 0.1) is 5.09 Å². The van der Waals surface area contributed by atoms with E-state index >= 15 is 0 Å². The van der Waals surface area contributed by atoms with Crippen molar-refractivity contribution in [2.45, 2.75) is 0 Å². The standard InChI is InChI=1S/NO3.H2O.2Pd/c2-1(3)4;;;/h;1H2;;/q-1;;;+2/p-1. The Labute approximate surface area is 66.8 Å². The Bertz CT molecular complexity index is 32.7. The first-order valence-corrected chi connectivity index (χ1v) is 0.548. The Morgan fingerprint density at radius 3 is 1.29 bits per heavy atom. The Hall–Kier alpha value is 0.485. The largest absolute Gasteiger partial charge is 2.00 e. The van der Waals surface area contributed by atoms with Crippen LogP contribution in [0.15, 0.2) is 0 Å². The summed E-state index contributed by atoms with van der Waals surface area (Å²) in [6.07, 6.45) is 0. The third kappa shape index (κ3) is 555. The summed E-state index contributed by atoms with van der Waals surface area (Å²) < 4.78 is 0. The van der Waals surface area contributed by atoms with Gasteiger partial charge in [-0.1, -0.05) is 0 Å². The van der Waals surface area contributed by atoms with Crippen molar-refractivity contribution < 1.29 is 51.4 Å². The zero-order chi connectivity index (χ0) is 3.58. The zero-order valence-corrected chi connectivity index (χ0v) is 5.86. The van der Waals surface area contributed by atoms with Crippen molar-refractivity contribution in [3.05, 3.63) is 15.3 Å². The van der Waals surface area contributed by atoms with Gasteiger partial charge in [-0.3, -0.25) is 0 Å². The van der Waals surface area contributed by atoms with Crippen molar-refractivity contribution in [1.82, 2.24) is 0 Å². The van der Waals surface area contributed by atoms with Gasteiger partial charge in [0.1, 0.15) is 0 Å². The van der Waals surface area contributed by atoms with Crippen LogP contribution in [0.3, 0.4) is 0 Å². The van der Waals surface area contributed by atoms with Gasteiger partial charge in [-0.05, 0) is 0 Å². The Morgan fingerprint density at radius 1 is 1.29 bits per heavy atom. The molecule has 0 aliphatic rings. The molecule has 0 heterocycles. The van der Waals surface area contributed by atoms with Crippen LogP contribution < -0.4 is 0 Å². The molecule has 0 unspecified atom stereocenters. The van der Waals surface area contributed by atoms with E-state index in [1.165, 1.54) is 0 Å². The van der Waals surface area contributed by atoms with Crippen LogP contribution in [0.25, 0.3) is 0 Å². The molecule has 0 saturated heterocycles. The molecule has 1 N–H and O–H groups in total. The maximum atomic E-state index is 8.25. The average Bonchev–Trinajstić information content (AvgIpc) is 0.811. The molecule has 0 radical (unpaired) electrons. The normalized spacial score (nSPS) is 3.43. The predicted molar refractivity (Wildman–Crippen MR) is 12.3 cm³/mol. The van der Waals surface area contributed by atoms with Crippen molar-refractivity contribution in [2.75, 3.05) is 0 Å². The van der Waals surface area contributed by atoms with Crippen LogP contribution in [0, 0.1) is 15.3 Å². The molecule has 0 rings (SSSR count). The molecule has 0 saturated carbocycles. The molecular weight excluding hydrogens is 291 g/mol. The van der Waals surface area contributed by atoms with Crippen LogP contribution in [0.5, 0.6) is 0 Å². The van der Waals surface area contributed by atoms with Gasteiger partial charge < -0.3 is 20.8 Å². The molecule has 0 aromatic heterocycles. The van der Waals surface area contributed by atoms with Crippen molar-refractivity contribution >= 4 is 0 Å². The van der Waals surface area contributed by atoms with E-state index < -0.39 is 5.09 Å². The fourth-order valence-electron chi connectivity index (χ4n) is 0. The van der Waals surface area contributed by atoms with Gasteiger partial charge in [0.15, 0.2) is 0 Å². The molecule has 7 heteroatoms. The van der Waals surface area contributed by atoms with Crippen LogP contribution >= 0.6 is 0 Å². The maximum absolute atomic E-state index is 8.25. The van der Waals surface area contributed by atoms with E-state index in [0.717, 1.165) is 0 Å². The number of rotatable bonds is 0. The molecule has 0 bridgehead atoms. The first-order chi connectivity index (χ1) is 1.73. The Morgan fingerprint density at radius 2 is 1.29 bits per heavy atom. The number of nitrogens with zero attached hydrogens (tertiary/aromatic N) is 1. The minimum atomic E-state index is -1.75.